The summed E-state index contributed by atoms with van der Waals surface area (Å²) in [4.78, 5) is 118. The van der Waals surface area contributed by atoms with Gasteiger partial charge in [-0.15, -0.1) is 34.0 Å². The zero-order valence-corrected chi connectivity index (χ0v) is 93.4. The van der Waals surface area contributed by atoms with Gasteiger partial charge in [-0.3, -0.25) is 33.7 Å². The number of sulfone groups is 1. The third-order valence-corrected chi connectivity index (χ3v) is 38.0. The topological polar surface area (TPSA) is 352 Å². The number of aryl methyl sites for hydroxylation is 3. The molecule has 6 aromatic rings. The average molecular weight is 2160 g/mol. The quantitative estimate of drug-likeness (QED) is 0.0299. The summed E-state index contributed by atoms with van der Waals surface area (Å²) < 4.78 is 94.4. The molecule has 4 aliphatic carbocycles. The molecule has 3 N–H and O–H groups in total. The van der Waals surface area contributed by atoms with Gasteiger partial charge in [0.05, 0.1) is 48.8 Å². The SMILES string of the molecule is CS(=O)(=O)CCCCC[C@@H](NC1CCCCC1)C(=O)N1CCN(C2=NCC3(CCCCC3)O2)C[C@H]1C(=O)CCc1cccs1.C[C@@H]1N=C(N2CCN(C(=O)[C@@H](CCCCNS(C)(=O)=O)CC3CCC4(CC3)CCN(Cc3ccccc3)C4)[C@H](C(=O)CCc3cccs3)C2)O[C@H]1c1ccccc1.C[C@@H]1N=C(N2CCN(C(=O)[C@@H](CCCCNS(C)(=O)=O)CC3CCCCC3)[C@H](C(=O)CCc3cccs3)C2)O[C@H]1c1ccccc1C#N. The van der Waals surface area contributed by atoms with E-state index in [4.69, 9.17) is 29.2 Å². The highest BCUT2D eigenvalue weighted by Crippen LogP contribution is 2.49. The maximum absolute atomic E-state index is 14.9. The Labute approximate surface area is 898 Å². The van der Waals surface area contributed by atoms with Gasteiger partial charge in [0.15, 0.2) is 23.5 Å². The summed E-state index contributed by atoms with van der Waals surface area (Å²) >= 11 is 4.95. The largest absolute Gasteiger partial charge is 0.457 e. The van der Waals surface area contributed by atoms with Crippen molar-refractivity contribution in [3.8, 4) is 6.07 Å². The van der Waals surface area contributed by atoms with Gasteiger partial charge in [0.2, 0.25) is 37.8 Å². The zero-order valence-electron chi connectivity index (χ0n) is 88.5. The number of ketones is 3. The highest BCUT2D eigenvalue weighted by atomic mass is 32.2. The second-order valence-electron chi connectivity index (χ2n) is 44.2. The van der Waals surface area contributed by atoms with Crippen LogP contribution in [0.3, 0.4) is 0 Å². The number of nitrogens with zero attached hydrogens (tertiary/aromatic N) is 11. The van der Waals surface area contributed by atoms with Gasteiger partial charge in [-0.25, -0.2) is 49.7 Å². The van der Waals surface area contributed by atoms with Gasteiger partial charge in [0.25, 0.3) is 18.1 Å². The first-order valence-electron chi connectivity index (χ1n) is 55.6. The van der Waals surface area contributed by atoms with Gasteiger partial charge in [-0.1, -0.05) is 181 Å². The smallest absolute Gasteiger partial charge is 0.288 e. The molecule has 35 heteroatoms. The van der Waals surface area contributed by atoms with Crippen LogP contribution in [0.4, 0.5) is 0 Å². The fourth-order valence-electron chi connectivity index (χ4n) is 24.4. The number of nitriles is 1. The van der Waals surface area contributed by atoms with Crippen LogP contribution in [0.1, 0.15) is 288 Å². The minimum absolute atomic E-state index is 0.00541. The highest BCUT2D eigenvalue weighted by Gasteiger charge is 2.49. The molecule has 10 atom stereocenters. The Kier molecular flexibility index (Phi) is 42.4. The number of rotatable bonds is 43. The van der Waals surface area contributed by atoms with E-state index in [2.05, 4.69) is 97.1 Å². The molecule has 0 bridgehead atoms. The van der Waals surface area contributed by atoms with E-state index < -0.39 is 54.1 Å². The first-order chi connectivity index (χ1) is 71.9. The number of amides is 3. The predicted molar refractivity (Wildman–Crippen MR) is 591 cm³/mol. The van der Waals surface area contributed by atoms with Crippen LogP contribution in [0.5, 0.6) is 0 Å². The van der Waals surface area contributed by atoms with Crippen LogP contribution in [0.25, 0.3) is 0 Å². The van der Waals surface area contributed by atoms with Crippen molar-refractivity contribution in [3.05, 3.63) is 174 Å². The predicted octanol–water partition coefficient (Wildman–Crippen LogP) is 17.3. The Bertz CT molecular complexity index is 5790. The number of ether oxygens (including phenoxy) is 3. The summed E-state index contributed by atoms with van der Waals surface area (Å²) in [6, 6.07) is 42.3. The number of nitrogens with one attached hydrogen (secondary N) is 3. The number of aliphatic imine (C=N–C) groups is 3. The molecular formula is C114H162N14O15S6. The van der Waals surface area contributed by atoms with Gasteiger partial charge >= 0.3 is 0 Å². The van der Waals surface area contributed by atoms with Crippen LogP contribution in [-0.4, -0.2) is 277 Å². The minimum atomic E-state index is -3.28. The van der Waals surface area contributed by atoms with E-state index in [0.717, 1.165) is 137 Å². The number of Topliss-reactive ketones (excluding diaryl/α,β-unsaturated/α-hetero) is 3. The average Bonchev–Trinajstić information content (AvgIpc) is 1.73. The fraction of sp³-hybridized carbons (Fsp3) is 0.649. The third kappa shape index (κ3) is 33.8. The zero-order chi connectivity index (χ0) is 105. The first kappa shape index (κ1) is 114. The van der Waals surface area contributed by atoms with Crippen molar-refractivity contribution >= 4 is 117 Å². The molecule has 3 amide bonds. The van der Waals surface area contributed by atoms with Gasteiger partial charge in [0, 0.05) is 154 Å². The Balaban J connectivity index is 0.000000169. The molecule has 0 unspecified atom stereocenters. The van der Waals surface area contributed by atoms with Crippen molar-refractivity contribution in [3.63, 3.8) is 0 Å². The summed E-state index contributed by atoms with van der Waals surface area (Å²) in [5.74, 6) is 1.00. The molecule has 7 aliphatic heterocycles. The van der Waals surface area contributed by atoms with E-state index >= 15 is 0 Å². The lowest BCUT2D eigenvalue weighted by molar-refractivity contribution is -0.146. The number of amidine groups is 3. The molecule has 149 heavy (non-hydrogen) atoms. The molecule has 2 spiro atoms. The van der Waals surface area contributed by atoms with Crippen LogP contribution < -0.4 is 14.8 Å². The van der Waals surface area contributed by atoms with Gasteiger partial charge in [-0.2, -0.15) is 5.26 Å². The molecule has 4 saturated heterocycles. The van der Waals surface area contributed by atoms with E-state index in [9.17, 15) is 59.3 Å². The monoisotopic (exact) mass is 2160 g/mol. The molecule has 17 rings (SSSR count). The molecule has 814 valence electrons. The number of hydrogen-bond donors (Lipinski definition) is 3. The Morgan fingerprint density at radius 1 is 0.477 bits per heavy atom. The molecule has 10 heterocycles. The van der Waals surface area contributed by atoms with Crippen LogP contribution >= 0.6 is 34.0 Å². The van der Waals surface area contributed by atoms with Crippen LogP contribution in [0, 0.1) is 40.4 Å². The van der Waals surface area contributed by atoms with Crippen molar-refractivity contribution in [2.45, 2.75) is 324 Å². The van der Waals surface area contributed by atoms with Gasteiger partial charge in [-0.05, 0) is 230 Å². The minimum Gasteiger partial charge on any atom is -0.457 e. The van der Waals surface area contributed by atoms with E-state index in [1.165, 1.54) is 100 Å². The number of likely N-dealkylation sites (tertiary alicyclic amines) is 1. The molecule has 3 aromatic carbocycles. The lowest BCUT2D eigenvalue weighted by atomic mass is 9.68. The Hall–Kier alpha value is -8.83. The maximum Gasteiger partial charge on any atom is 0.288 e. The van der Waals surface area contributed by atoms with Crippen molar-refractivity contribution in [1.82, 2.24) is 49.1 Å². The molecule has 4 saturated carbocycles. The first-order valence-corrected chi connectivity index (χ1v) is 64.0. The summed E-state index contributed by atoms with van der Waals surface area (Å²) in [6.07, 6.45) is 37.7. The van der Waals surface area contributed by atoms with Crippen molar-refractivity contribution in [2.75, 3.05) is 116 Å². The number of hydrogen-bond acceptors (Lipinski definition) is 27. The maximum atomic E-state index is 14.9. The van der Waals surface area contributed by atoms with Gasteiger partial charge in [0.1, 0.15) is 39.7 Å². The van der Waals surface area contributed by atoms with Crippen molar-refractivity contribution in [2.24, 2.45) is 44.1 Å². The molecule has 29 nitrogen and oxygen atoms in total. The van der Waals surface area contributed by atoms with E-state index in [1.54, 1.807) is 40.1 Å². The third-order valence-electron chi connectivity index (χ3n) is 32.7. The standard InChI is InChI=1S/C45H61N5O5S2.C36H49N5O5S2.C33H52N4O5S2/c1-34-42(37-14-7-4-8-15-37)55-44(47-34)49-27-28-50(40(32-49)41(51)19-18-39-17-11-29-56-39)43(52)38(16-9-10-25-46-57(2,53)54)30-35-20-22-45(23-21-35)24-26-48(33-45)31-36-12-5-3-6-13-36;1-26-34(31-16-7-6-14-29(31)24-37)46-36(39-26)40-20-21-41(32(25-40)33(42)18-17-30-15-10-22-47-30)35(43)28(23-27-11-4-3-5-12-27)13-8-9-19-38-48(2,44)45;1-44(40,41)23-10-3-7-15-28(35-26-12-5-2-6-13-26)31(39)37-21-20-36(32-34-25-33(42-32)18-8-4-9-19-33)24-29(37)30(38)17-16-27-14-11-22-43-27/h3-8,11-15,17,29,34-35,38,40,42,46H,9-10,16,18-28,30-33H2,1-2H3;6-7,10,14-16,22,26-28,32,34,38H,3-5,8-9,11-13,17-21,23,25H2,1-2H3;11,14,22,26,28-29,35H,2-10,12-13,15-21,23-25H2,1H3/t34-,35?,38-,40-,42+,45?;26-,28-,32-,34+;28-,29+/m001/s1. The number of carbonyl (C=O) groups excluding carboxylic acids is 6. The molecular weight excluding hydrogens is 2000 g/mol. The van der Waals surface area contributed by atoms with E-state index in [-0.39, 0.29) is 82.5 Å². The number of piperazine rings is 3. The van der Waals surface area contributed by atoms with Crippen LogP contribution in [0.15, 0.2) is 152 Å². The Morgan fingerprint density at radius 3 is 1.44 bits per heavy atom. The number of benzene rings is 3. The van der Waals surface area contributed by atoms with Gasteiger partial charge < -0.3 is 48.9 Å². The summed E-state index contributed by atoms with van der Waals surface area (Å²) in [5.41, 5.74) is 3.96. The normalized spacial score (nSPS) is 24.1. The Morgan fingerprint density at radius 2 is 0.940 bits per heavy atom. The second kappa shape index (κ2) is 55.3. The van der Waals surface area contributed by atoms with Crippen molar-refractivity contribution < 1.29 is 68.2 Å². The number of unbranched alkanes of at least 4 members (excludes halogenated alkanes) is 4. The van der Waals surface area contributed by atoms with E-state index in [1.807, 2.05) is 103 Å². The number of sulfonamides is 2. The number of carbonyl (C=O) groups is 6. The molecule has 0 radical (unpaired) electrons. The summed E-state index contributed by atoms with van der Waals surface area (Å²) in [7, 11) is -9.53. The molecule has 3 aromatic heterocycles. The molecule has 11 aliphatic rings. The van der Waals surface area contributed by atoms with Crippen LogP contribution in [0.2, 0.25) is 0 Å². The summed E-state index contributed by atoms with van der Waals surface area (Å²) in [5, 5.41) is 19.5. The molecule has 8 fully saturated rings. The fourth-order valence-corrected chi connectivity index (χ4v) is 28.3. The second-order valence-corrected chi connectivity index (χ2v) is 53.2. The lowest BCUT2D eigenvalue weighted by Gasteiger charge is -2.43. The number of thiophene rings is 3. The van der Waals surface area contributed by atoms with Crippen molar-refractivity contribution in [1.29, 1.82) is 5.26 Å². The van der Waals surface area contributed by atoms with Crippen LogP contribution in [-0.2, 0) is 98.7 Å². The lowest BCUT2D eigenvalue weighted by Crippen LogP contribution is -2.63. The van der Waals surface area contributed by atoms with E-state index in [0.29, 0.717) is 203 Å². The highest BCUT2D eigenvalue weighted by molar-refractivity contribution is 7.90. The summed E-state index contributed by atoms with van der Waals surface area (Å²) in [6.45, 7) is 12.7.